The summed E-state index contributed by atoms with van der Waals surface area (Å²) in [7, 11) is 1.89. The number of hydrogen-bond donors (Lipinski definition) is 1. The van der Waals surface area contributed by atoms with E-state index in [1.54, 1.807) is 18.2 Å². The highest BCUT2D eigenvalue weighted by Crippen LogP contribution is 2.19. The first-order valence-electron chi connectivity index (χ1n) is 5.40. The average molecular weight is 242 g/mol. The molecule has 16 heavy (non-hydrogen) atoms. The molecule has 3 heteroatoms. The normalized spacial score (nSPS) is 12.4. The third-order valence-electron chi connectivity index (χ3n) is 2.63. The smallest absolute Gasteiger partial charge is 0.145 e. The zero-order valence-corrected chi connectivity index (χ0v) is 10.2. The molecule has 1 atom stereocenters. The van der Waals surface area contributed by atoms with E-state index in [2.05, 4.69) is 11.9 Å². The summed E-state index contributed by atoms with van der Waals surface area (Å²) >= 11 is 5.73. The van der Waals surface area contributed by atoms with Crippen LogP contribution >= 0.6 is 11.6 Å². The Kier molecular flexibility index (Phi) is 5.50. The molecular weight excluding hydrogens is 225 g/mol. The lowest BCUT2D eigenvalue weighted by Crippen LogP contribution is -2.27. The molecule has 0 bridgehead atoms. The fraction of sp³-hybridized carbons (Fsp3) is 0.385. The second kappa shape index (κ2) is 6.66. The van der Waals surface area contributed by atoms with Gasteiger partial charge in [-0.1, -0.05) is 29.8 Å². The Morgan fingerprint density at radius 2 is 2.31 bits per heavy atom. The van der Waals surface area contributed by atoms with Gasteiger partial charge in [0.05, 0.1) is 5.02 Å². The van der Waals surface area contributed by atoms with Gasteiger partial charge in [-0.15, -0.1) is 6.58 Å². The van der Waals surface area contributed by atoms with E-state index in [9.17, 15) is 4.39 Å². The van der Waals surface area contributed by atoms with E-state index in [0.717, 1.165) is 12.8 Å². The van der Waals surface area contributed by atoms with Crippen LogP contribution < -0.4 is 5.32 Å². The largest absolute Gasteiger partial charge is 0.317 e. The second-order valence-electron chi connectivity index (χ2n) is 3.77. The van der Waals surface area contributed by atoms with Crippen LogP contribution in [0.15, 0.2) is 30.9 Å². The van der Waals surface area contributed by atoms with Crippen molar-refractivity contribution in [3.8, 4) is 0 Å². The first-order valence-corrected chi connectivity index (χ1v) is 5.78. The van der Waals surface area contributed by atoms with Gasteiger partial charge in [-0.05, 0) is 37.9 Å². The van der Waals surface area contributed by atoms with Crippen molar-refractivity contribution >= 4 is 11.6 Å². The first-order chi connectivity index (χ1) is 7.69. The lowest BCUT2D eigenvalue weighted by atomic mass is 10.0. The van der Waals surface area contributed by atoms with Crippen molar-refractivity contribution in [1.29, 1.82) is 0 Å². The summed E-state index contributed by atoms with van der Waals surface area (Å²) in [5.41, 5.74) is 0.663. The van der Waals surface area contributed by atoms with Gasteiger partial charge in [-0.3, -0.25) is 0 Å². The molecule has 1 aromatic rings. The maximum Gasteiger partial charge on any atom is 0.145 e. The van der Waals surface area contributed by atoms with Crippen LogP contribution in [0.5, 0.6) is 0 Å². The molecule has 0 amide bonds. The van der Waals surface area contributed by atoms with Crippen LogP contribution in [-0.4, -0.2) is 13.1 Å². The first kappa shape index (κ1) is 13.2. The molecule has 0 aliphatic heterocycles. The summed E-state index contributed by atoms with van der Waals surface area (Å²) in [5.74, 6) is -0.303. The molecule has 1 unspecified atom stereocenters. The van der Waals surface area contributed by atoms with Crippen molar-refractivity contribution in [3.05, 3.63) is 47.3 Å². The molecule has 0 radical (unpaired) electrons. The van der Waals surface area contributed by atoms with Crippen LogP contribution in [0.2, 0.25) is 5.02 Å². The van der Waals surface area contributed by atoms with E-state index in [0.29, 0.717) is 12.0 Å². The predicted molar refractivity (Wildman–Crippen MR) is 67.4 cm³/mol. The highest BCUT2D eigenvalue weighted by atomic mass is 35.5. The van der Waals surface area contributed by atoms with E-state index < -0.39 is 0 Å². The Morgan fingerprint density at radius 3 is 2.94 bits per heavy atom. The van der Waals surface area contributed by atoms with E-state index in [1.165, 1.54) is 0 Å². The van der Waals surface area contributed by atoms with Crippen molar-refractivity contribution in [2.75, 3.05) is 7.05 Å². The van der Waals surface area contributed by atoms with Crippen LogP contribution in [0.1, 0.15) is 18.4 Å². The zero-order valence-electron chi connectivity index (χ0n) is 9.47. The summed E-state index contributed by atoms with van der Waals surface area (Å²) < 4.78 is 13.6. The summed E-state index contributed by atoms with van der Waals surface area (Å²) in [6.07, 6.45) is 4.40. The van der Waals surface area contributed by atoms with Crippen molar-refractivity contribution in [1.82, 2.24) is 5.32 Å². The van der Waals surface area contributed by atoms with Crippen molar-refractivity contribution < 1.29 is 4.39 Å². The van der Waals surface area contributed by atoms with Gasteiger partial charge >= 0.3 is 0 Å². The van der Waals surface area contributed by atoms with E-state index >= 15 is 0 Å². The second-order valence-corrected chi connectivity index (χ2v) is 4.18. The van der Waals surface area contributed by atoms with Gasteiger partial charge in [0, 0.05) is 6.04 Å². The monoisotopic (exact) mass is 241 g/mol. The van der Waals surface area contributed by atoms with Crippen LogP contribution in [-0.2, 0) is 6.42 Å². The standard InChI is InChI=1S/C13H17ClFN/c1-3-4-7-11(16-2)9-10-6-5-8-12(14)13(10)15/h3,5-6,8,11,16H,1,4,7,9H2,2H3. The number of hydrogen-bond acceptors (Lipinski definition) is 1. The molecule has 0 heterocycles. The van der Waals surface area contributed by atoms with Gasteiger partial charge in [0.1, 0.15) is 5.82 Å². The minimum atomic E-state index is -0.303. The molecule has 0 fully saturated rings. The molecule has 88 valence electrons. The fourth-order valence-corrected chi connectivity index (χ4v) is 1.83. The van der Waals surface area contributed by atoms with E-state index in [-0.39, 0.29) is 16.9 Å². The minimum Gasteiger partial charge on any atom is -0.317 e. The lowest BCUT2D eigenvalue weighted by Gasteiger charge is -2.15. The van der Waals surface area contributed by atoms with Crippen LogP contribution in [0, 0.1) is 5.82 Å². The summed E-state index contributed by atoms with van der Waals surface area (Å²) in [4.78, 5) is 0. The summed E-state index contributed by atoms with van der Waals surface area (Å²) in [5, 5.41) is 3.37. The SMILES string of the molecule is C=CCCC(Cc1cccc(Cl)c1F)NC. The highest BCUT2D eigenvalue weighted by molar-refractivity contribution is 6.30. The van der Waals surface area contributed by atoms with Gasteiger partial charge < -0.3 is 5.32 Å². The number of likely N-dealkylation sites (N-methyl/N-ethyl adjacent to an activating group) is 1. The lowest BCUT2D eigenvalue weighted by molar-refractivity contribution is 0.508. The molecule has 0 aliphatic carbocycles. The Morgan fingerprint density at radius 1 is 1.56 bits per heavy atom. The molecule has 0 spiro atoms. The molecule has 1 rings (SSSR count). The van der Waals surface area contributed by atoms with Gasteiger partial charge in [0.25, 0.3) is 0 Å². The topological polar surface area (TPSA) is 12.0 Å². The van der Waals surface area contributed by atoms with Crippen molar-refractivity contribution in [3.63, 3.8) is 0 Å². The fourth-order valence-electron chi connectivity index (χ4n) is 1.64. The average Bonchev–Trinajstić information content (AvgIpc) is 2.30. The van der Waals surface area contributed by atoms with Gasteiger partial charge in [-0.25, -0.2) is 4.39 Å². The Labute approximate surface area is 101 Å². The number of allylic oxidation sites excluding steroid dienone is 1. The molecule has 0 aromatic heterocycles. The van der Waals surface area contributed by atoms with Gasteiger partial charge in [0.2, 0.25) is 0 Å². The van der Waals surface area contributed by atoms with Crippen LogP contribution in [0.25, 0.3) is 0 Å². The van der Waals surface area contributed by atoms with Crippen molar-refractivity contribution in [2.24, 2.45) is 0 Å². The third-order valence-corrected chi connectivity index (χ3v) is 2.92. The molecule has 1 aromatic carbocycles. The number of halogens is 2. The predicted octanol–water partition coefficient (Wildman–Crippen LogP) is 3.58. The summed E-state index contributed by atoms with van der Waals surface area (Å²) in [6, 6.07) is 5.38. The van der Waals surface area contributed by atoms with Gasteiger partial charge in [0.15, 0.2) is 0 Å². The third kappa shape index (κ3) is 3.62. The molecule has 0 saturated carbocycles. The number of nitrogens with one attached hydrogen (secondary N) is 1. The Balaban J connectivity index is 2.69. The molecule has 1 N–H and O–H groups in total. The number of benzene rings is 1. The quantitative estimate of drug-likeness (QED) is 0.751. The molecule has 1 nitrogen and oxygen atoms in total. The zero-order chi connectivity index (χ0) is 12.0. The maximum atomic E-state index is 13.6. The van der Waals surface area contributed by atoms with Crippen LogP contribution in [0.4, 0.5) is 4.39 Å². The van der Waals surface area contributed by atoms with E-state index in [4.69, 9.17) is 11.6 Å². The minimum absolute atomic E-state index is 0.191. The summed E-state index contributed by atoms with van der Waals surface area (Å²) in [6.45, 7) is 3.68. The molecule has 0 saturated heterocycles. The van der Waals surface area contributed by atoms with Crippen molar-refractivity contribution in [2.45, 2.75) is 25.3 Å². The van der Waals surface area contributed by atoms with Crippen LogP contribution in [0.3, 0.4) is 0 Å². The highest BCUT2D eigenvalue weighted by Gasteiger charge is 2.11. The number of rotatable bonds is 6. The Bertz CT molecular complexity index is 352. The maximum absolute atomic E-state index is 13.6. The van der Waals surface area contributed by atoms with Gasteiger partial charge in [-0.2, -0.15) is 0 Å². The Hall–Kier alpha value is -0.860. The molecule has 0 aliphatic rings. The molecular formula is C13H17ClFN. The van der Waals surface area contributed by atoms with E-state index in [1.807, 2.05) is 13.1 Å².